The Kier molecular flexibility index (Phi) is 4.88. The molecule has 6 nitrogen and oxygen atoms in total. The molecule has 1 aliphatic heterocycles. The summed E-state index contributed by atoms with van der Waals surface area (Å²) in [6, 6.07) is 14.5. The van der Waals surface area contributed by atoms with Crippen LogP contribution in [0, 0.1) is 0 Å². The van der Waals surface area contributed by atoms with Crippen molar-refractivity contribution in [1.82, 2.24) is 4.90 Å². The number of fused-ring (bicyclic) bond motifs is 1. The van der Waals surface area contributed by atoms with Gasteiger partial charge in [0, 0.05) is 17.8 Å². The highest BCUT2D eigenvalue weighted by Crippen LogP contribution is 2.36. The average Bonchev–Trinajstić information content (AvgIpc) is 2.62. The van der Waals surface area contributed by atoms with Crippen molar-refractivity contribution < 1.29 is 19.4 Å². The fourth-order valence-corrected chi connectivity index (χ4v) is 2.98. The second-order valence-corrected chi connectivity index (χ2v) is 5.79. The highest BCUT2D eigenvalue weighted by Gasteiger charge is 2.33. The number of carbonyl (C=O) groups excluding carboxylic acids is 2. The molecule has 0 spiro atoms. The van der Waals surface area contributed by atoms with Crippen LogP contribution in [0.25, 0.3) is 0 Å². The molecule has 0 aromatic heterocycles. The zero-order valence-corrected chi connectivity index (χ0v) is 13.9. The fraction of sp³-hybridized carbons (Fsp3) is 0.263. The first-order valence-corrected chi connectivity index (χ1v) is 8.20. The maximum absolute atomic E-state index is 12.9. The van der Waals surface area contributed by atoms with Gasteiger partial charge in [0.1, 0.15) is 18.5 Å². The molecule has 0 bridgehead atoms. The van der Waals surface area contributed by atoms with E-state index in [4.69, 9.17) is 4.74 Å². The fourth-order valence-electron chi connectivity index (χ4n) is 2.98. The number of para-hydroxylation sites is 2. The minimum absolute atomic E-state index is 0.0593. The molecule has 1 aliphatic rings. The Morgan fingerprint density at radius 3 is 2.68 bits per heavy atom. The minimum Gasteiger partial charge on any atom is -0.546 e. The quantitative estimate of drug-likeness (QED) is 0.868. The Labute approximate surface area is 146 Å². The molecule has 25 heavy (non-hydrogen) atoms. The van der Waals surface area contributed by atoms with E-state index in [2.05, 4.69) is 5.32 Å². The number of aliphatic carboxylic acids is 1. The van der Waals surface area contributed by atoms with Crippen LogP contribution >= 0.6 is 0 Å². The number of hydrogen-bond acceptors (Lipinski definition) is 5. The van der Waals surface area contributed by atoms with Crippen molar-refractivity contribution in [3.8, 4) is 5.75 Å². The molecule has 0 fully saturated rings. The zero-order valence-electron chi connectivity index (χ0n) is 13.9. The van der Waals surface area contributed by atoms with Crippen molar-refractivity contribution in [2.24, 2.45) is 0 Å². The highest BCUT2D eigenvalue weighted by molar-refractivity contribution is 6.01. The van der Waals surface area contributed by atoms with Gasteiger partial charge in [-0.1, -0.05) is 37.3 Å². The lowest BCUT2D eigenvalue weighted by Gasteiger charge is -2.38. The summed E-state index contributed by atoms with van der Waals surface area (Å²) in [6.07, 6.45) is 0.369. The van der Waals surface area contributed by atoms with Crippen LogP contribution in [-0.2, 0) is 4.79 Å². The molecule has 0 saturated carbocycles. The van der Waals surface area contributed by atoms with E-state index in [0.29, 0.717) is 23.4 Å². The summed E-state index contributed by atoms with van der Waals surface area (Å²) >= 11 is 0. The SMILES string of the molecule is CCCN1C(=O)c2ccccc2N[C@@H]1c1ccccc1OCC(=O)[O-]. The van der Waals surface area contributed by atoms with E-state index >= 15 is 0 Å². The molecule has 2 aromatic carbocycles. The first-order chi connectivity index (χ1) is 12.1. The van der Waals surface area contributed by atoms with Gasteiger partial charge in [-0.25, -0.2) is 0 Å². The van der Waals surface area contributed by atoms with Gasteiger partial charge in [-0.2, -0.15) is 0 Å². The number of nitrogens with zero attached hydrogens (tertiary/aromatic N) is 1. The van der Waals surface area contributed by atoms with E-state index < -0.39 is 18.7 Å². The van der Waals surface area contributed by atoms with Crippen LogP contribution in [0.1, 0.15) is 35.4 Å². The average molecular weight is 339 g/mol. The van der Waals surface area contributed by atoms with E-state index in [1.807, 2.05) is 37.3 Å². The van der Waals surface area contributed by atoms with E-state index in [0.717, 1.165) is 12.1 Å². The number of nitrogens with one attached hydrogen (secondary N) is 1. The third-order valence-electron chi connectivity index (χ3n) is 4.05. The second kappa shape index (κ2) is 7.25. The van der Waals surface area contributed by atoms with Crippen LogP contribution in [0.15, 0.2) is 48.5 Å². The van der Waals surface area contributed by atoms with Gasteiger partial charge in [0.05, 0.1) is 11.5 Å². The smallest absolute Gasteiger partial charge is 0.257 e. The third-order valence-corrected chi connectivity index (χ3v) is 4.05. The van der Waals surface area contributed by atoms with Crippen molar-refractivity contribution in [2.75, 3.05) is 18.5 Å². The number of anilines is 1. The largest absolute Gasteiger partial charge is 0.546 e. The monoisotopic (exact) mass is 339 g/mol. The van der Waals surface area contributed by atoms with Gasteiger partial charge >= 0.3 is 0 Å². The summed E-state index contributed by atoms with van der Waals surface area (Å²) in [5, 5.41) is 14.1. The molecule has 1 heterocycles. The molecule has 1 atom stereocenters. The number of rotatable bonds is 6. The number of benzene rings is 2. The summed E-state index contributed by atoms with van der Waals surface area (Å²) in [7, 11) is 0. The summed E-state index contributed by atoms with van der Waals surface area (Å²) in [6.45, 7) is 2.03. The van der Waals surface area contributed by atoms with E-state index in [1.165, 1.54) is 0 Å². The van der Waals surface area contributed by atoms with E-state index in [1.54, 1.807) is 23.1 Å². The molecular formula is C19H19N2O4-. The summed E-state index contributed by atoms with van der Waals surface area (Å²) < 4.78 is 5.36. The summed E-state index contributed by atoms with van der Waals surface area (Å²) in [5.41, 5.74) is 2.08. The van der Waals surface area contributed by atoms with Crippen molar-refractivity contribution in [2.45, 2.75) is 19.5 Å². The van der Waals surface area contributed by atoms with Crippen LogP contribution in [0.5, 0.6) is 5.75 Å². The maximum Gasteiger partial charge on any atom is 0.257 e. The molecule has 0 aliphatic carbocycles. The van der Waals surface area contributed by atoms with Crippen LogP contribution in [0.3, 0.4) is 0 Å². The molecule has 0 unspecified atom stereocenters. The molecule has 6 heteroatoms. The van der Waals surface area contributed by atoms with Crippen molar-refractivity contribution in [3.05, 3.63) is 59.7 Å². The Balaban J connectivity index is 2.00. The molecule has 0 saturated heterocycles. The maximum atomic E-state index is 12.9. The Bertz CT molecular complexity index is 790. The lowest BCUT2D eigenvalue weighted by Crippen LogP contribution is -2.43. The number of carboxylic acid groups (broad SMARTS) is 1. The lowest BCUT2D eigenvalue weighted by molar-refractivity contribution is -0.307. The molecule has 0 radical (unpaired) electrons. The predicted molar refractivity (Wildman–Crippen MR) is 91.1 cm³/mol. The zero-order chi connectivity index (χ0) is 17.8. The summed E-state index contributed by atoms with van der Waals surface area (Å²) in [5.74, 6) is -0.938. The van der Waals surface area contributed by atoms with Crippen molar-refractivity contribution >= 4 is 17.6 Å². The predicted octanol–water partition coefficient (Wildman–Crippen LogP) is 1.79. The van der Waals surface area contributed by atoms with Crippen molar-refractivity contribution in [3.63, 3.8) is 0 Å². The van der Waals surface area contributed by atoms with Crippen LogP contribution in [0.2, 0.25) is 0 Å². The Hall–Kier alpha value is -3.02. The molecule has 2 aromatic rings. The Morgan fingerprint density at radius 1 is 1.20 bits per heavy atom. The van der Waals surface area contributed by atoms with Gasteiger partial charge < -0.3 is 24.9 Å². The van der Waals surface area contributed by atoms with Gasteiger partial charge in [-0.05, 0) is 24.6 Å². The Morgan fingerprint density at radius 2 is 1.92 bits per heavy atom. The standard InChI is InChI=1S/C19H20N2O4/c1-2-11-21-18(20-15-9-5-3-7-13(15)19(21)24)14-8-4-6-10-16(14)25-12-17(22)23/h3-10,18,20H,2,11-12H2,1H3,(H,22,23)/p-1/t18-/m0/s1. The van der Waals surface area contributed by atoms with Gasteiger partial charge in [0.2, 0.25) is 0 Å². The lowest BCUT2D eigenvalue weighted by atomic mass is 10.0. The normalized spacial score (nSPS) is 16.1. The number of amides is 1. The number of carbonyl (C=O) groups is 2. The van der Waals surface area contributed by atoms with Crippen LogP contribution in [-0.4, -0.2) is 29.9 Å². The topological polar surface area (TPSA) is 81.7 Å². The molecule has 3 rings (SSSR count). The van der Waals surface area contributed by atoms with Gasteiger partial charge in [-0.3, -0.25) is 4.79 Å². The second-order valence-electron chi connectivity index (χ2n) is 5.79. The summed E-state index contributed by atoms with van der Waals surface area (Å²) in [4.78, 5) is 25.4. The highest BCUT2D eigenvalue weighted by atomic mass is 16.5. The molecule has 1 N–H and O–H groups in total. The first-order valence-electron chi connectivity index (χ1n) is 8.20. The van der Waals surface area contributed by atoms with Crippen molar-refractivity contribution in [1.29, 1.82) is 0 Å². The van der Waals surface area contributed by atoms with Gasteiger partial charge in [-0.15, -0.1) is 0 Å². The van der Waals surface area contributed by atoms with E-state index in [-0.39, 0.29) is 5.91 Å². The first kappa shape index (κ1) is 16.8. The molecule has 1 amide bonds. The number of ether oxygens (including phenoxy) is 1. The number of hydrogen-bond donors (Lipinski definition) is 1. The van der Waals surface area contributed by atoms with Crippen LogP contribution < -0.4 is 15.2 Å². The molecule has 130 valence electrons. The minimum atomic E-state index is -1.29. The van der Waals surface area contributed by atoms with Crippen LogP contribution in [0.4, 0.5) is 5.69 Å². The number of carboxylic acids is 1. The molecular weight excluding hydrogens is 320 g/mol. The van der Waals surface area contributed by atoms with Gasteiger partial charge in [0.25, 0.3) is 5.91 Å². The van der Waals surface area contributed by atoms with E-state index in [9.17, 15) is 14.7 Å². The third kappa shape index (κ3) is 3.42. The van der Waals surface area contributed by atoms with Gasteiger partial charge in [0.15, 0.2) is 0 Å².